The van der Waals surface area contributed by atoms with Crippen molar-refractivity contribution >= 4 is 34.8 Å². The van der Waals surface area contributed by atoms with Crippen LogP contribution in [0.3, 0.4) is 0 Å². The quantitative estimate of drug-likeness (QED) is 0.875. The van der Waals surface area contributed by atoms with Crippen molar-refractivity contribution < 1.29 is 9.18 Å². The Morgan fingerprint density at radius 1 is 1.10 bits per heavy atom. The van der Waals surface area contributed by atoms with Gasteiger partial charge >= 0.3 is 0 Å². The zero-order valence-corrected chi connectivity index (χ0v) is 12.5. The van der Waals surface area contributed by atoms with Crippen molar-refractivity contribution in [2.75, 3.05) is 11.9 Å². The Labute approximate surface area is 132 Å². The lowest BCUT2D eigenvalue weighted by atomic mass is 10.2. The van der Waals surface area contributed by atoms with Crippen LogP contribution in [0.2, 0.25) is 10.0 Å². The second kappa shape index (κ2) is 7.41. The predicted octanol–water partition coefficient (Wildman–Crippen LogP) is 3.86. The van der Waals surface area contributed by atoms with Gasteiger partial charge in [0.05, 0.1) is 22.3 Å². The Hall–Kier alpha value is -1.62. The molecule has 2 aromatic rings. The van der Waals surface area contributed by atoms with Gasteiger partial charge in [0.2, 0.25) is 5.91 Å². The average molecular weight is 327 g/mol. The molecule has 0 aromatic heterocycles. The molecule has 0 unspecified atom stereocenters. The molecule has 3 nitrogen and oxygen atoms in total. The Morgan fingerprint density at radius 2 is 1.86 bits per heavy atom. The molecule has 6 heteroatoms. The number of amides is 1. The normalized spacial score (nSPS) is 10.4. The van der Waals surface area contributed by atoms with E-state index in [0.29, 0.717) is 17.3 Å². The van der Waals surface area contributed by atoms with Gasteiger partial charge in [-0.2, -0.15) is 0 Å². The minimum Gasteiger partial charge on any atom is -0.324 e. The molecule has 0 aliphatic heterocycles. The lowest BCUT2D eigenvalue weighted by molar-refractivity contribution is -0.115. The first-order valence-electron chi connectivity index (χ1n) is 6.25. The minimum atomic E-state index is -0.461. The number of para-hydroxylation sites is 1. The number of anilines is 1. The molecule has 0 heterocycles. The van der Waals surface area contributed by atoms with Gasteiger partial charge in [-0.1, -0.05) is 41.4 Å². The van der Waals surface area contributed by atoms with E-state index in [1.54, 1.807) is 30.3 Å². The van der Waals surface area contributed by atoms with Crippen LogP contribution in [0.15, 0.2) is 42.5 Å². The van der Waals surface area contributed by atoms with Gasteiger partial charge in [0.25, 0.3) is 0 Å². The minimum absolute atomic E-state index is 0.0646. The molecule has 21 heavy (non-hydrogen) atoms. The summed E-state index contributed by atoms with van der Waals surface area (Å²) in [4.78, 5) is 11.8. The number of nitrogens with one attached hydrogen (secondary N) is 2. The number of hydrogen-bond acceptors (Lipinski definition) is 2. The van der Waals surface area contributed by atoms with E-state index in [0.717, 1.165) is 5.56 Å². The largest absolute Gasteiger partial charge is 0.324 e. The third-order valence-corrected chi connectivity index (χ3v) is 3.37. The summed E-state index contributed by atoms with van der Waals surface area (Å²) in [6, 6.07) is 11.4. The van der Waals surface area contributed by atoms with E-state index < -0.39 is 5.82 Å². The van der Waals surface area contributed by atoms with Gasteiger partial charge < -0.3 is 10.6 Å². The van der Waals surface area contributed by atoms with Crippen molar-refractivity contribution in [1.82, 2.24) is 5.32 Å². The van der Waals surface area contributed by atoms with Crippen molar-refractivity contribution in [3.63, 3.8) is 0 Å². The van der Waals surface area contributed by atoms with E-state index in [2.05, 4.69) is 10.6 Å². The summed E-state index contributed by atoms with van der Waals surface area (Å²) < 4.78 is 13.0. The summed E-state index contributed by atoms with van der Waals surface area (Å²) in [5.41, 5.74) is 1.36. The molecule has 0 spiro atoms. The highest BCUT2D eigenvalue weighted by atomic mass is 35.5. The molecule has 0 bridgehead atoms. The van der Waals surface area contributed by atoms with Crippen LogP contribution >= 0.6 is 23.2 Å². The van der Waals surface area contributed by atoms with Gasteiger partial charge in [-0.25, -0.2) is 4.39 Å². The van der Waals surface area contributed by atoms with Crippen molar-refractivity contribution in [2.24, 2.45) is 0 Å². The van der Waals surface area contributed by atoms with Gasteiger partial charge in [-0.3, -0.25) is 4.79 Å². The van der Waals surface area contributed by atoms with Crippen LogP contribution in [0.5, 0.6) is 0 Å². The Morgan fingerprint density at radius 3 is 2.57 bits per heavy atom. The van der Waals surface area contributed by atoms with Gasteiger partial charge in [0.1, 0.15) is 5.82 Å². The molecule has 2 N–H and O–H groups in total. The maximum atomic E-state index is 13.0. The Balaban J connectivity index is 1.82. The van der Waals surface area contributed by atoms with Crippen molar-refractivity contribution in [3.05, 3.63) is 63.9 Å². The number of hydrogen-bond donors (Lipinski definition) is 2. The number of rotatable bonds is 5. The smallest absolute Gasteiger partial charge is 0.238 e. The highest BCUT2D eigenvalue weighted by Gasteiger charge is 2.05. The van der Waals surface area contributed by atoms with Crippen molar-refractivity contribution in [2.45, 2.75) is 6.54 Å². The maximum Gasteiger partial charge on any atom is 0.238 e. The van der Waals surface area contributed by atoms with E-state index in [1.807, 2.05) is 0 Å². The zero-order valence-electron chi connectivity index (χ0n) is 11.0. The first-order valence-corrected chi connectivity index (χ1v) is 7.01. The number of carbonyl (C=O) groups is 1. The van der Waals surface area contributed by atoms with Crippen LogP contribution in [-0.2, 0) is 11.3 Å². The van der Waals surface area contributed by atoms with Crippen LogP contribution in [0.1, 0.15) is 5.56 Å². The first-order chi connectivity index (χ1) is 10.1. The van der Waals surface area contributed by atoms with Gasteiger partial charge in [-0.15, -0.1) is 0 Å². The highest BCUT2D eigenvalue weighted by Crippen LogP contribution is 2.20. The van der Waals surface area contributed by atoms with Crippen LogP contribution < -0.4 is 10.6 Å². The first kappa shape index (κ1) is 15.8. The standard InChI is InChI=1S/C15H13Cl2FN2O/c16-11-3-1-2-4-14(11)20-15(21)9-19-8-10-5-6-13(18)12(17)7-10/h1-7,19H,8-9H2,(H,20,21). The lowest BCUT2D eigenvalue weighted by Crippen LogP contribution is -2.27. The van der Waals surface area contributed by atoms with E-state index in [-0.39, 0.29) is 17.5 Å². The molecule has 1 amide bonds. The molecule has 2 rings (SSSR count). The molecule has 0 radical (unpaired) electrons. The van der Waals surface area contributed by atoms with E-state index in [1.165, 1.54) is 12.1 Å². The van der Waals surface area contributed by atoms with Crippen LogP contribution in [-0.4, -0.2) is 12.5 Å². The molecule has 0 saturated carbocycles. The number of halogens is 3. The lowest BCUT2D eigenvalue weighted by Gasteiger charge is -2.08. The molecule has 0 atom stereocenters. The number of carbonyl (C=O) groups excluding carboxylic acids is 1. The Kier molecular flexibility index (Phi) is 5.56. The molecule has 110 valence electrons. The van der Waals surface area contributed by atoms with Crippen molar-refractivity contribution in [3.8, 4) is 0 Å². The number of benzene rings is 2. The third kappa shape index (κ3) is 4.70. The summed E-state index contributed by atoms with van der Waals surface area (Å²) >= 11 is 11.6. The molecular formula is C15H13Cl2FN2O. The van der Waals surface area contributed by atoms with Gasteiger partial charge in [-0.05, 0) is 29.8 Å². The SMILES string of the molecule is O=C(CNCc1ccc(F)c(Cl)c1)Nc1ccccc1Cl. The van der Waals surface area contributed by atoms with Crippen molar-refractivity contribution in [1.29, 1.82) is 0 Å². The summed E-state index contributed by atoms with van der Waals surface area (Å²) in [7, 11) is 0. The molecule has 0 aliphatic rings. The van der Waals surface area contributed by atoms with Gasteiger partial charge in [0.15, 0.2) is 0 Å². The Bertz CT molecular complexity index is 649. The molecule has 0 saturated heterocycles. The van der Waals surface area contributed by atoms with Crippen LogP contribution in [0.25, 0.3) is 0 Å². The van der Waals surface area contributed by atoms with Crippen LogP contribution in [0, 0.1) is 5.82 Å². The molecular weight excluding hydrogens is 314 g/mol. The molecule has 0 aliphatic carbocycles. The van der Waals surface area contributed by atoms with E-state index >= 15 is 0 Å². The highest BCUT2D eigenvalue weighted by molar-refractivity contribution is 6.33. The average Bonchev–Trinajstić information content (AvgIpc) is 2.45. The fourth-order valence-electron chi connectivity index (χ4n) is 1.73. The second-order valence-electron chi connectivity index (χ2n) is 4.38. The summed E-state index contributed by atoms with van der Waals surface area (Å²) in [6.07, 6.45) is 0. The molecule has 0 fully saturated rings. The fraction of sp³-hybridized carbons (Fsp3) is 0.133. The third-order valence-electron chi connectivity index (χ3n) is 2.75. The molecule has 2 aromatic carbocycles. The van der Waals surface area contributed by atoms with E-state index in [4.69, 9.17) is 23.2 Å². The fourth-order valence-corrected chi connectivity index (χ4v) is 2.11. The monoisotopic (exact) mass is 326 g/mol. The zero-order chi connectivity index (χ0) is 15.2. The van der Waals surface area contributed by atoms with Crippen LogP contribution in [0.4, 0.5) is 10.1 Å². The topological polar surface area (TPSA) is 41.1 Å². The maximum absolute atomic E-state index is 13.0. The predicted molar refractivity (Wildman–Crippen MR) is 83.2 cm³/mol. The van der Waals surface area contributed by atoms with Gasteiger partial charge in [0, 0.05) is 6.54 Å². The summed E-state index contributed by atoms with van der Waals surface area (Å²) in [5, 5.41) is 6.20. The van der Waals surface area contributed by atoms with E-state index in [9.17, 15) is 9.18 Å². The second-order valence-corrected chi connectivity index (χ2v) is 5.19. The summed E-state index contributed by atoms with van der Waals surface area (Å²) in [5.74, 6) is -0.673. The summed E-state index contributed by atoms with van der Waals surface area (Å²) in [6.45, 7) is 0.524.